The largest absolute Gasteiger partial charge is 0.350 e. The van der Waals surface area contributed by atoms with Gasteiger partial charge in [-0.05, 0) is 88.3 Å². The Balaban J connectivity index is 1.61. The van der Waals surface area contributed by atoms with E-state index in [1.165, 1.54) is 67.8 Å². The summed E-state index contributed by atoms with van der Waals surface area (Å²) in [6.45, 7) is 6.83. The molecule has 1 heterocycles. The van der Waals surface area contributed by atoms with Gasteiger partial charge in [0.1, 0.15) is 5.82 Å². The molecule has 2 aromatic rings. The normalized spacial score (nSPS) is 15.6. The molecule has 1 aliphatic heterocycles. The molecule has 1 aliphatic rings. The molecule has 162 valence electrons. The second-order valence-corrected chi connectivity index (χ2v) is 9.86. The molecular formula is C22H28FN3O3S. The molecule has 30 heavy (non-hydrogen) atoms. The molecule has 2 N–H and O–H groups in total. The molecule has 2 aromatic carbocycles. The summed E-state index contributed by atoms with van der Waals surface area (Å²) >= 11 is 0. The monoisotopic (exact) mass is 433 g/mol. The zero-order valence-electron chi connectivity index (χ0n) is 17.3. The van der Waals surface area contributed by atoms with Crippen molar-refractivity contribution in [2.24, 2.45) is 0 Å². The van der Waals surface area contributed by atoms with E-state index in [1.54, 1.807) is 0 Å². The van der Waals surface area contributed by atoms with E-state index in [1.807, 2.05) is 0 Å². The Morgan fingerprint density at radius 2 is 1.60 bits per heavy atom. The summed E-state index contributed by atoms with van der Waals surface area (Å²) in [5.41, 5.74) is 0.515. The third kappa shape index (κ3) is 5.58. The standard InChI is InChI=1S/C22H28FN3O3S/c1-22(2,26-14-4-3-5-15-26)16-24-21(27)17-6-12-20(13-7-17)30(28,29)25-19-10-8-18(23)9-11-19/h6-13,25H,3-5,14-16H2,1-2H3,(H,24,27). The number of amides is 1. The Hall–Kier alpha value is -2.45. The second-order valence-electron chi connectivity index (χ2n) is 8.18. The highest BCUT2D eigenvalue weighted by atomic mass is 32.2. The molecule has 1 fully saturated rings. The first-order chi connectivity index (χ1) is 14.2. The van der Waals surface area contributed by atoms with Gasteiger partial charge in [-0.25, -0.2) is 12.8 Å². The van der Waals surface area contributed by atoms with E-state index in [0.717, 1.165) is 13.1 Å². The van der Waals surface area contributed by atoms with Gasteiger partial charge in [0.05, 0.1) is 4.90 Å². The van der Waals surface area contributed by atoms with Crippen LogP contribution in [0.4, 0.5) is 10.1 Å². The van der Waals surface area contributed by atoms with Crippen molar-refractivity contribution in [2.75, 3.05) is 24.4 Å². The first kappa shape index (κ1) is 22.2. The average molecular weight is 434 g/mol. The predicted octanol–water partition coefficient (Wildman–Crippen LogP) is 3.62. The van der Waals surface area contributed by atoms with E-state index in [4.69, 9.17) is 0 Å². The Labute approximate surface area is 177 Å². The SMILES string of the molecule is CC(C)(CNC(=O)c1ccc(S(=O)(=O)Nc2ccc(F)cc2)cc1)N1CCCCC1. The number of anilines is 1. The number of benzene rings is 2. The van der Waals surface area contributed by atoms with Crippen LogP contribution in [0.15, 0.2) is 53.4 Å². The van der Waals surface area contributed by atoms with Gasteiger partial charge in [-0.3, -0.25) is 14.4 Å². The molecule has 0 spiro atoms. The zero-order chi connectivity index (χ0) is 21.8. The van der Waals surface area contributed by atoms with Crippen LogP contribution in [0.3, 0.4) is 0 Å². The van der Waals surface area contributed by atoms with E-state index in [-0.39, 0.29) is 22.0 Å². The molecule has 3 rings (SSSR count). The highest BCUT2D eigenvalue weighted by molar-refractivity contribution is 7.92. The summed E-state index contributed by atoms with van der Waals surface area (Å²) in [5, 5.41) is 2.96. The second kappa shape index (κ2) is 9.14. The van der Waals surface area contributed by atoms with E-state index >= 15 is 0 Å². The number of sulfonamides is 1. The van der Waals surface area contributed by atoms with E-state index < -0.39 is 15.8 Å². The van der Waals surface area contributed by atoms with Crippen molar-refractivity contribution in [1.29, 1.82) is 0 Å². The van der Waals surface area contributed by atoms with Crippen LogP contribution >= 0.6 is 0 Å². The molecule has 6 nitrogen and oxygen atoms in total. The van der Waals surface area contributed by atoms with E-state index in [9.17, 15) is 17.6 Å². The number of nitrogens with one attached hydrogen (secondary N) is 2. The quantitative estimate of drug-likeness (QED) is 0.699. The number of hydrogen-bond acceptors (Lipinski definition) is 4. The highest BCUT2D eigenvalue weighted by Gasteiger charge is 2.28. The lowest BCUT2D eigenvalue weighted by molar-refractivity contribution is 0.0797. The van der Waals surface area contributed by atoms with Crippen LogP contribution in [-0.4, -0.2) is 44.4 Å². The lowest BCUT2D eigenvalue weighted by Crippen LogP contribution is -2.53. The fraction of sp³-hybridized carbons (Fsp3) is 0.409. The Bertz CT molecular complexity index is 968. The van der Waals surface area contributed by atoms with Crippen molar-refractivity contribution in [3.8, 4) is 0 Å². The summed E-state index contributed by atoms with van der Waals surface area (Å²) in [5.74, 6) is -0.688. The van der Waals surface area contributed by atoms with Gasteiger partial charge in [0.2, 0.25) is 0 Å². The fourth-order valence-electron chi connectivity index (χ4n) is 3.53. The van der Waals surface area contributed by atoms with Crippen molar-refractivity contribution < 1.29 is 17.6 Å². The third-order valence-electron chi connectivity index (χ3n) is 5.42. The number of likely N-dealkylation sites (tertiary alicyclic amines) is 1. The van der Waals surface area contributed by atoms with Gasteiger partial charge in [0, 0.05) is 23.3 Å². The molecule has 0 aliphatic carbocycles. The molecular weight excluding hydrogens is 405 g/mol. The first-order valence-corrected chi connectivity index (χ1v) is 11.6. The average Bonchev–Trinajstić information content (AvgIpc) is 2.74. The smallest absolute Gasteiger partial charge is 0.261 e. The van der Waals surface area contributed by atoms with Crippen LogP contribution in [-0.2, 0) is 10.0 Å². The molecule has 8 heteroatoms. The van der Waals surface area contributed by atoms with Crippen LogP contribution < -0.4 is 10.0 Å². The molecule has 0 bridgehead atoms. The van der Waals surface area contributed by atoms with Gasteiger partial charge < -0.3 is 5.32 Å². The van der Waals surface area contributed by atoms with Crippen molar-refractivity contribution in [3.05, 3.63) is 59.9 Å². The maximum absolute atomic E-state index is 13.0. The van der Waals surface area contributed by atoms with Crippen LogP contribution in [0.5, 0.6) is 0 Å². The maximum Gasteiger partial charge on any atom is 0.261 e. The molecule has 1 amide bonds. The van der Waals surface area contributed by atoms with Gasteiger partial charge in [-0.1, -0.05) is 6.42 Å². The number of carbonyl (C=O) groups excluding carboxylic acids is 1. The maximum atomic E-state index is 13.0. The molecule has 0 atom stereocenters. The van der Waals surface area contributed by atoms with E-state index in [0.29, 0.717) is 12.1 Å². The topological polar surface area (TPSA) is 78.5 Å². The minimum absolute atomic E-state index is 0.0250. The number of carbonyl (C=O) groups is 1. The molecule has 0 radical (unpaired) electrons. The summed E-state index contributed by atoms with van der Waals surface area (Å²) in [7, 11) is -3.83. The minimum Gasteiger partial charge on any atom is -0.350 e. The van der Waals surface area contributed by atoms with Gasteiger partial charge in [-0.15, -0.1) is 0 Å². The van der Waals surface area contributed by atoms with Crippen LogP contribution in [0.1, 0.15) is 43.5 Å². The zero-order valence-corrected chi connectivity index (χ0v) is 18.1. The number of hydrogen-bond donors (Lipinski definition) is 2. The number of piperidine rings is 1. The summed E-state index contributed by atoms with van der Waals surface area (Å²) < 4.78 is 40.4. The van der Waals surface area contributed by atoms with Gasteiger partial charge in [0.15, 0.2) is 0 Å². The fourth-order valence-corrected chi connectivity index (χ4v) is 4.59. The molecule has 0 aromatic heterocycles. The van der Waals surface area contributed by atoms with E-state index in [2.05, 4.69) is 28.8 Å². The van der Waals surface area contributed by atoms with Crippen LogP contribution in [0.25, 0.3) is 0 Å². The number of nitrogens with zero attached hydrogens (tertiary/aromatic N) is 1. The molecule has 1 saturated heterocycles. The Kier molecular flexibility index (Phi) is 6.77. The van der Waals surface area contributed by atoms with Crippen LogP contribution in [0, 0.1) is 5.82 Å². The number of rotatable bonds is 7. The lowest BCUT2D eigenvalue weighted by Gasteiger charge is -2.41. The first-order valence-electron chi connectivity index (χ1n) is 10.1. The lowest BCUT2D eigenvalue weighted by atomic mass is 9.98. The van der Waals surface area contributed by atoms with Crippen molar-refractivity contribution in [1.82, 2.24) is 10.2 Å². The summed E-state index contributed by atoms with van der Waals surface area (Å²) in [6.07, 6.45) is 3.61. The van der Waals surface area contributed by atoms with Crippen molar-refractivity contribution in [3.63, 3.8) is 0 Å². The molecule has 0 unspecified atom stereocenters. The number of halogens is 1. The van der Waals surface area contributed by atoms with Crippen molar-refractivity contribution in [2.45, 2.75) is 43.5 Å². The van der Waals surface area contributed by atoms with Gasteiger partial charge in [0.25, 0.3) is 15.9 Å². The van der Waals surface area contributed by atoms with Gasteiger partial charge >= 0.3 is 0 Å². The summed E-state index contributed by atoms with van der Waals surface area (Å²) in [4.78, 5) is 14.9. The Morgan fingerprint density at radius 3 is 2.20 bits per heavy atom. The molecule has 0 saturated carbocycles. The van der Waals surface area contributed by atoms with Gasteiger partial charge in [-0.2, -0.15) is 0 Å². The highest BCUT2D eigenvalue weighted by Crippen LogP contribution is 2.20. The third-order valence-corrected chi connectivity index (χ3v) is 6.81. The van der Waals surface area contributed by atoms with Crippen molar-refractivity contribution >= 4 is 21.6 Å². The predicted molar refractivity (Wildman–Crippen MR) is 115 cm³/mol. The minimum atomic E-state index is -3.83. The Morgan fingerprint density at radius 1 is 1.00 bits per heavy atom. The van der Waals surface area contributed by atoms with Crippen LogP contribution in [0.2, 0.25) is 0 Å². The summed E-state index contributed by atoms with van der Waals surface area (Å²) in [6, 6.07) is 10.8.